The highest BCUT2D eigenvalue weighted by Gasteiger charge is 2.11. The van der Waals surface area contributed by atoms with E-state index < -0.39 is 9.84 Å². The van der Waals surface area contributed by atoms with Gasteiger partial charge in [0.05, 0.1) is 17.8 Å². The van der Waals surface area contributed by atoms with Gasteiger partial charge in [-0.05, 0) is 30.5 Å². The van der Waals surface area contributed by atoms with Crippen LogP contribution >= 0.6 is 0 Å². The summed E-state index contributed by atoms with van der Waals surface area (Å²) in [6.45, 7) is 2.34. The molecule has 0 saturated carbocycles. The molecule has 2 rings (SSSR count). The largest absolute Gasteiger partial charge is 0.467 e. The predicted molar refractivity (Wildman–Crippen MR) is 111 cm³/mol. The lowest BCUT2D eigenvalue weighted by molar-refractivity contribution is 0.105. The first kappa shape index (κ1) is 22.0. The van der Waals surface area contributed by atoms with Gasteiger partial charge in [0.1, 0.15) is 12.4 Å². The SMILES string of the molecule is CN=C(NCCCOCc1ccco1)NCCCS(=O)(=O)Cc1ccccc1. The van der Waals surface area contributed by atoms with Crippen LogP contribution in [0, 0.1) is 0 Å². The molecule has 154 valence electrons. The van der Waals surface area contributed by atoms with Gasteiger partial charge in [-0.1, -0.05) is 30.3 Å². The van der Waals surface area contributed by atoms with Crippen molar-refractivity contribution in [2.75, 3.05) is 32.5 Å². The monoisotopic (exact) mass is 407 g/mol. The van der Waals surface area contributed by atoms with E-state index >= 15 is 0 Å². The summed E-state index contributed by atoms with van der Waals surface area (Å²) in [5.74, 6) is 1.70. The van der Waals surface area contributed by atoms with Crippen LogP contribution in [0.3, 0.4) is 0 Å². The van der Waals surface area contributed by atoms with Crippen LogP contribution in [0.4, 0.5) is 0 Å². The first-order valence-corrected chi connectivity index (χ1v) is 11.2. The van der Waals surface area contributed by atoms with Crippen molar-refractivity contribution in [3.63, 3.8) is 0 Å². The van der Waals surface area contributed by atoms with Gasteiger partial charge in [-0.3, -0.25) is 4.99 Å². The molecule has 0 spiro atoms. The number of nitrogens with one attached hydrogen (secondary N) is 2. The van der Waals surface area contributed by atoms with Gasteiger partial charge in [-0.15, -0.1) is 0 Å². The Bertz CT molecular complexity index is 790. The third-order valence-electron chi connectivity index (χ3n) is 3.96. The Morgan fingerprint density at radius 3 is 2.50 bits per heavy atom. The summed E-state index contributed by atoms with van der Waals surface area (Å²) in [6.07, 6.45) is 2.98. The molecule has 1 aromatic carbocycles. The second-order valence-electron chi connectivity index (χ2n) is 6.34. The van der Waals surface area contributed by atoms with Crippen LogP contribution in [-0.4, -0.2) is 46.9 Å². The number of sulfone groups is 1. The molecule has 0 aliphatic carbocycles. The van der Waals surface area contributed by atoms with Crippen molar-refractivity contribution in [1.29, 1.82) is 0 Å². The van der Waals surface area contributed by atoms with Crippen LogP contribution in [0.15, 0.2) is 58.1 Å². The summed E-state index contributed by atoms with van der Waals surface area (Å²) in [4.78, 5) is 4.14. The number of rotatable bonds is 12. The fourth-order valence-electron chi connectivity index (χ4n) is 2.57. The van der Waals surface area contributed by atoms with Crippen molar-refractivity contribution < 1.29 is 17.6 Å². The van der Waals surface area contributed by atoms with E-state index in [1.54, 1.807) is 13.3 Å². The number of hydrogen-bond acceptors (Lipinski definition) is 5. The topological polar surface area (TPSA) is 92.9 Å². The quantitative estimate of drug-likeness (QED) is 0.319. The van der Waals surface area contributed by atoms with Crippen LogP contribution < -0.4 is 10.6 Å². The van der Waals surface area contributed by atoms with Crippen LogP contribution in [0.25, 0.3) is 0 Å². The molecule has 28 heavy (non-hydrogen) atoms. The Labute approximate surface area is 167 Å². The summed E-state index contributed by atoms with van der Waals surface area (Å²) in [7, 11) is -1.42. The molecule has 7 nitrogen and oxygen atoms in total. The Morgan fingerprint density at radius 2 is 1.82 bits per heavy atom. The molecule has 0 bridgehead atoms. The fourth-order valence-corrected chi connectivity index (χ4v) is 4.00. The van der Waals surface area contributed by atoms with Crippen molar-refractivity contribution >= 4 is 15.8 Å². The van der Waals surface area contributed by atoms with Gasteiger partial charge in [0.2, 0.25) is 0 Å². The lowest BCUT2D eigenvalue weighted by atomic mass is 10.2. The Balaban J connectivity index is 1.54. The van der Waals surface area contributed by atoms with Gasteiger partial charge < -0.3 is 19.8 Å². The van der Waals surface area contributed by atoms with Gasteiger partial charge in [0.25, 0.3) is 0 Å². The zero-order chi connectivity index (χ0) is 20.1. The normalized spacial score (nSPS) is 12.1. The van der Waals surface area contributed by atoms with Crippen LogP contribution in [0.5, 0.6) is 0 Å². The highest BCUT2D eigenvalue weighted by Crippen LogP contribution is 2.07. The number of hydrogen-bond donors (Lipinski definition) is 2. The number of nitrogens with zero attached hydrogens (tertiary/aromatic N) is 1. The maximum Gasteiger partial charge on any atom is 0.190 e. The van der Waals surface area contributed by atoms with E-state index in [9.17, 15) is 8.42 Å². The average Bonchev–Trinajstić information content (AvgIpc) is 3.20. The number of furan rings is 1. The molecule has 2 N–H and O–H groups in total. The van der Waals surface area contributed by atoms with Crippen LogP contribution in [-0.2, 0) is 26.9 Å². The molecular weight excluding hydrogens is 378 g/mol. The summed E-state index contributed by atoms with van der Waals surface area (Å²) < 4.78 is 35.1. The zero-order valence-corrected chi connectivity index (χ0v) is 17.1. The van der Waals surface area contributed by atoms with Crippen LogP contribution in [0.1, 0.15) is 24.2 Å². The first-order chi connectivity index (χ1) is 13.6. The molecule has 2 aromatic rings. The minimum absolute atomic E-state index is 0.0822. The summed E-state index contributed by atoms with van der Waals surface area (Å²) in [5.41, 5.74) is 0.821. The smallest absolute Gasteiger partial charge is 0.190 e. The molecule has 0 saturated heterocycles. The molecule has 0 amide bonds. The Kier molecular flexibility index (Phi) is 9.57. The van der Waals surface area contributed by atoms with Gasteiger partial charge in [0, 0.05) is 26.7 Å². The van der Waals surface area contributed by atoms with Crippen molar-refractivity contribution in [3.05, 3.63) is 60.1 Å². The van der Waals surface area contributed by atoms with Gasteiger partial charge in [-0.2, -0.15) is 0 Å². The molecule has 0 radical (unpaired) electrons. The maximum atomic E-state index is 12.2. The number of ether oxygens (including phenoxy) is 1. The molecule has 1 aromatic heterocycles. The third-order valence-corrected chi connectivity index (χ3v) is 5.64. The molecule has 8 heteroatoms. The second-order valence-corrected chi connectivity index (χ2v) is 8.53. The molecule has 0 fully saturated rings. The van der Waals surface area contributed by atoms with Crippen molar-refractivity contribution in [1.82, 2.24) is 10.6 Å². The van der Waals surface area contributed by atoms with Crippen molar-refractivity contribution in [2.24, 2.45) is 4.99 Å². The molecule has 0 unspecified atom stereocenters. The highest BCUT2D eigenvalue weighted by atomic mass is 32.2. The molecular formula is C20H29N3O4S. The predicted octanol–water partition coefficient (Wildman–Crippen LogP) is 2.36. The average molecular weight is 408 g/mol. The first-order valence-electron chi connectivity index (χ1n) is 9.38. The number of guanidine groups is 1. The zero-order valence-electron chi connectivity index (χ0n) is 16.3. The number of aliphatic imine (C=N–C) groups is 1. The highest BCUT2D eigenvalue weighted by molar-refractivity contribution is 7.90. The van der Waals surface area contributed by atoms with E-state index in [0.717, 1.165) is 17.7 Å². The minimum atomic E-state index is -3.11. The van der Waals surface area contributed by atoms with Gasteiger partial charge >= 0.3 is 0 Å². The molecule has 0 aliphatic heterocycles. The van der Waals surface area contributed by atoms with Crippen molar-refractivity contribution in [2.45, 2.75) is 25.2 Å². The fraction of sp³-hybridized carbons (Fsp3) is 0.450. The lowest BCUT2D eigenvalue weighted by Crippen LogP contribution is -2.38. The standard InChI is InChI=1S/C20H29N3O4S/c1-21-20(22-11-6-13-26-16-19-10-5-14-27-19)23-12-7-15-28(24,25)17-18-8-3-2-4-9-18/h2-5,8-10,14H,6-7,11-13,15-17H2,1H3,(H2,21,22,23). The molecule has 0 atom stereocenters. The maximum absolute atomic E-state index is 12.2. The number of benzene rings is 1. The third kappa shape index (κ3) is 9.05. The van der Waals surface area contributed by atoms with Gasteiger partial charge in [0.15, 0.2) is 15.8 Å². The molecule has 0 aliphatic rings. The summed E-state index contributed by atoms with van der Waals surface area (Å²) in [6, 6.07) is 13.0. The summed E-state index contributed by atoms with van der Waals surface area (Å²) >= 11 is 0. The molecule has 1 heterocycles. The van der Waals surface area contributed by atoms with E-state index in [0.29, 0.717) is 38.7 Å². The Morgan fingerprint density at radius 1 is 1.07 bits per heavy atom. The second kappa shape index (κ2) is 12.2. The van der Waals surface area contributed by atoms with E-state index in [1.165, 1.54) is 0 Å². The van der Waals surface area contributed by atoms with E-state index in [2.05, 4.69) is 15.6 Å². The minimum Gasteiger partial charge on any atom is -0.467 e. The Hall–Kier alpha value is -2.32. The summed E-state index contributed by atoms with van der Waals surface area (Å²) in [5, 5.41) is 6.32. The van der Waals surface area contributed by atoms with E-state index in [-0.39, 0.29) is 11.5 Å². The van der Waals surface area contributed by atoms with Gasteiger partial charge in [-0.25, -0.2) is 8.42 Å². The van der Waals surface area contributed by atoms with E-state index in [1.807, 2.05) is 42.5 Å². The lowest BCUT2D eigenvalue weighted by Gasteiger charge is -2.12. The van der Waals surface area contributed by atoms with Crippen LogP contribution in [0.2, 0.25) is 0 Å². The van der Waals surface area contributed by atoms with Crippen molar-refractivity contribution in [3.8, 4) is 0 Å². The van der Waals surface area contributed by atoms with E-state index in [4.69, 9.17) is 9.15 Å².